The Hall–Kier alpha value is -3.20. The summed E-state index contributed by atoms with van der Waals surface area (Å²) < 4.78 is 10.4. The molecule has 0 saturated heterocycles. The van der Waals surface area contributed by atoms with E-state index in [1.807, 2.05) is 6.07 Å². The summed E-state index contributed by atoms with van der Waals surface area (Å²) in [6.45, 7) is 7.88. The van der Waals surface area contributed by atoms with E-state index >= 15 is 0 Å². The summed E-state index contributed by atoms with van der Waals surface area (Å²) in [5, 5.41) is 12.2. The monoisotopic (exact) mass is 327 g/mol. The highest BCUT2D eigenvalue weighted by Crippen LogP contribution is 2.29. The second kappa shape index (κ2) is 9.74. The molecule has 126 valence electrons. The summed E-state index contributed by atoms with van der Waals surface area (Å²) in [5.74, 6) is 0.734. The van der Waals surface area contributed by atoms with Crippen LogP contribution in [0.3, 0.4) is 0 Å². The molecule has 1 aromatic rings. The third-order valence-electron chi connectivity index (χ3n) is 3.10. The van der Waals surface area contributed by atoms with Gasteiger partial charge in [0.25, 0.3) is 5.91 Å². The summed E-state index contributed by atoms with van der Waals surface area (Å²) in [7, 11) is 3.08. The number of anilines is 1. The van der Waals surface area contributed by atoms with Gasteiger partial charge in [0.15, 0.2) is 11.5 Å². The topological polar surface area (TPSA) is 74.6 Å². The summed E-state index contributed by atoms with van der Waals surface area (Å²) in [5.41, 5.74) is 0.640. The first-order valence-corrected chi connectivity index (χ1v) is 7.21. The van der Waals surface area contributed by atoms with E-state index in [2.05, 4.69) is 18.5 Å². The Morgan fingerprint density at radius 3 is 2.38 bits per heavy atom. The zero-order chi connectivity index (χ0) is 17.9. The lowest BCUT2D eigenvalue weighted by Crippen LogP contribution is -2.32. The zero-order valence-corrected chi connectivity index (χ0v) is 13.9. The minimum absolute atomic E-state index is 0.0199. The second-order valence-corrected chi connectivity index (χ2v) is 4.67. The number of benzene rings is 1. The molecule has 1 N–H and O–H groups in total. The third kappa shape index (κ3) is 4.92. The predicted molar refractivity (Wildman–Crippen MR) is 93.8 cm³/mol. The molecular weight excluding hydrogens is 306 g/mol. The minimum atomic E-state index is -0.398. The molecule has 0 aliphatic carbocycles. The number of rotatable bonds is 9. The number of nitriles is 1. The van der Waals surface area contributed by atoms with Gasteiger partial charge in [-0.15, -0.1) is 13.2 Å². The van der Waals surface area contributed by atoms with Crippen molar-refractivity contribution in [2.24, 2.45) is 0 Å². The van der Waals surface area contributed by atoms with E-state index in [-0.39, 0.29) is 5.57 Å². The number of hydrogen-bond donors (Lipinski definition) is 1. The highest BCUT2D eigenvalue weighted by atomic mass is 16.5. The lowest BCUT2D eigenvalue weighted by atomic mass is 10.2. The van der Waals surface area contributed by atoms with Crippen molar-refractivity contribution in [3.8, 4) is 17.6 Å². The van der Waals surface area contributed by atoms with E-state index in [0.29, 0.717) is 30.3 Å². The Balaban J connectivity index is 2.96. The van der Waals surface area contributed by atoms with Crippen LogP contribution in [0.15, 0.2) is 55.3 Å². The van der Waals surface area contributed by atoms with Crippen LogP contribution in [-0.4, -0.2) is 38.1 Å². The first kappa shape index (κ1) is 18.8. The van der Waals surface area contributed by atoms with Crippen molar-refractivity contribution in [1.82, 2.24) is 4.90 Å². The number of methoxy groups -OCH3 is 2. The van der Waals surface area contributed by atoms with Crippen LogP contribution in [-0.2, 0) is 4.79 Å². The van der Waals surface area contributed by atoms with Gasteiger partial charge in [0.2, 0.25) is 0 Å². The number of ether oxygens (including phenoxy) is 2. The van der Waals surface area contributed by atoms with Gasteiger partial charge < -0.3 is 19.7 Å². The van der Waals surface area contributed by atoms with Crippen LogP contribution in [0.5, 0.6) is 11.5 Å². The van der Waals surface area contributed by atoms with Gasteiger partial charge in [-0.3, -0.25) is 4.79 Å². The predicted octanol–water partition coefficient (Wildman–Crippen LogP) is 2.72. The fourth-order valence-corrected chi connectivity index (χ4v) is 1.95. The number of carbonyl (C=O) groups is 1. The van der Waals surface area contributed by atoms with Crippen LogP contribution in [0, 0.1) is 11.3 Å². The molecule has 0 bridgehead atoms. The second-order valence-electron chi connectivity index (χ2n) is 4.67. The molecule has 1 amide bonds. The molecule has 6 nitrogen and oxygen atoms in total. The van der Waals surface area contributed by atoms with Crippen molar-refractivity contribution < 1.29 is 14.3 Å². The Labute approximate surface area is 142 Å². The van der Waals surface area contributed by atoms with Gasteiger partial charge in [-0.25, -0.2) is 0 Å². The highest BCUT2D eigenvalue weighted by molar-refractivity contribution is 5.97. The maximum Gasteiger partial charge on any atom is 0.266 e. The fraction of sp³-hybridized carbons (Fsp3) is 0.222. The van der Waals surface area contributed by atoms with Crippen LogP contribution in [0.4, 0.5) is 5.69 Å². The van der Waals surface area contributed by atoms with Gasteiger partial charge >= 0.3 is 0 Å². The SMILES string of the molecule is C=CCN(CC=C)C(=O)/C(C#N)=C\Nc1ccc(OC)c(OC)c1. The number of nitrogens with zero attached hydrogens (tertiary/aromatic N) is 2. The van der Waals surface area contributed by atoms with E-state index in [9.17, 15) is 10.1 Å². The summed E-state index contributed by atoms with van der Waals surface area (Å²) in [6.07, 6.45) is 4.55. The Morgan fingerprint density at radius 1 is 1.25 bits per heavy atom. The van der Waals surface area contributed by atoms with Crippen molar-refractivity contribution in [2.45, 2.75) is 0 Å². The zero-order valence-electron chi connectivity index (χ0n) is 13.9. The van der Waals surface area contributed by atoms with E-state index in [0.717, 1.165) is 0 Å². The van der Waals surface area contributed by atoms with Gasteiger partial charge in [-0.1, -0.05) is 12.2 Å². The number of amides is 1. The van der Waals surface area contributed by atoms with Crippen LogP contribution in [0.1, 0.15) is 0 Å². The van der Waals surface area contributed by atoms with Crippen molar-refractivity contribution >= 4 is 11.6 Å². The van der Waals surface area contributed by atoms with Crippen LogP contribution in [0.25, 0.3) is 0 Å². The number of nitrogens with one attached hydrogen (secondary N) is 1. The van der Waals surface area contributed by atoms with Gasteiger partial charge in [0, 0.05) is 31.0 Å². The van der Waals surface area contributed by atoms with Crippen molar-refractivity contribution in [1.29, 1.82) is 5.26 Å². The van der Waals surface area contributed by atoms with Crippen molar-refractivity contribution in [3.05, 3.63) is 55.3 Å². The molecule has 0 aliphatic heterocycles. The van der Waals surface area contributed by atoms with Crippen molar-refractivity contribution in [2.75, 3.05) is 32.6 Å². The molecule has 0 heterocycles. The first-order chi connectivity index (χ1) is 11.6. The summed E-state index contributed by atoms with van der Waals surface area (Å²) in [6, 6.07) is 7.09. The average Bonchev–Trinajstić information content (AvgIpc) is 2.61. The molecule has 0 radical (unpaired) electrons. The molecule has 6 heteroatoms. The normalized spacial score (nSPS) is 10.3. The number of hydrogen-bond acceptors (Lipinski definition) is 5. The van der Waals surface area contributed by atoms with Crippen LogP contribution in [0.2, 0.25) is 0 Å². The van der Waals surface area contributed by atoms with Gasteiger partial charge in [-0.2, -0.15) is 5.26 Å². The van der Waals surface area contributed by atoms with E-state index in [1.54, 1.807) is 37.5 Å². The van der Waals surface area contributed by atoms with Crippen LogP contribution < -0.4 is 14.8 Å². The summed E-state index contributed by atoms with van der Waals surface area (Å²) >= 11 is 0. The van der Waals surface area contributed by atoms with E-state index in [4.69, 9.17) is 9.47 Å². The van der Waals surface area contributed by atoms with Gasteiger partial charge in [0.05, 0.1) is 14.2 Å². The standard InChI is InChI=1S/C18H21N3O3/c1-5-9-21(10-6-2)18(22)14(12-19)13-20-15-7-8-16(23-3)17(11-15)24-4/h5-8,11,13,20H,1-2,9-10H2,3-4H3/b14-13-. The summed E-state index contributed by atoms with van der Waals surface area (Å²) in [4.78, 5) is 13.8. The Bertz CT molecular complexity index is 665. The molecule has 0 fully saturated rings. The van der Waals surface area contributed by atoms with Gasteiger partial charge in [-0.05, 0) is 12.1 Å². The quantitative estimate of drug-likeness (QED) is 0.429. The maximum atomic E-state index is 12.4. The molecule has 0 aliphatic rings. The highest BCUT2D eigenvalue weighted by Gasteiger charge is 2.16. The Morgan fingerprint density at radius 2 is 1.88 bits per heavy atom. The largest absolute Gasteiger partial charge is 0.493 e. The number of carbonyl (C=O) groups excluding carboxylic acids is 1. The fourth-order valence-electron chi connectivity index (χ4n) is 1.95. The minimum Gasteiger partial charge on any atom is -0.493 e. The molecule has 0 atom stereocenters. The molecule has 0 aromatic heterocycles. The molecule has 24 heavy (non-hydrogen) atoms. The molecule has 1 aromatic carbocycles. The smallest absolute Gasteiger partial charge is 0.266 e. The average molecular weight is 327 g/mol. The molecule has 1 rings (SSSR count). The molecule has 0 spiro atoms. The molecular formula is C18H21N3O3. The lowest BCUT2D eigenvalue weighted by molar-refractivity contribution is -0.125. The Kier molecular flexibility index (Phi) is 7.65. The maximum absolute atomic E-state index is 12.4. The first-order valence-electron chi connectivity index (χ1n) is 7.21. The molecule has 0 unspecified atom stereocenters. The van der Waals surface area contributed by atoms with Crippen LogP contribution >= 0.6 is 0 Å². The van der Waals surface area contributed by atoms with Crippen molar-refractivity contribution in [3.63, 3.8) is 0 Å². The van der Waals surface area contributed by atoms with E-state index < -0.39 is 5.91 Å². The van der Waals surface area contributed by atoms with E-state index in [1.165, 1.54) is 18.2 Å². The van der Waals surface area contributed by atoms with Gasteiger partial charge in [0.1, 0.15) is 11.6 Å². The molecule has 0 saturated carbocycles. The third-order valence-corrected chi connectivity index (χ3v) is 3.10. The lowest BCUT2D eigenvalue weighted by Gasteiger charge is -2.18.